The molecule has 0 unspecified atom stereocenters. The number of carbonyl (C=O) groups excluding carboxylic acids is 1. The molecule has 1 heterocycles. The molecule has 1 aromatic heterocycles. The molecule has 0 saturated carbocycles. The number of hydrogen-bond donors (Lipinski definition) is 2. The molecule has 1 aromatic carbocycles. The van der Waals surface area contributed by atoms with Crippen LogP contribution >= 0.6 is 0 Å². The van der Waals surface area contributed by atoms with Crippen LogP contribution in [0.3, 0.4) is 0 Å². The molecule has 0 spiro atoms. The number of phenolic OH excluding ortho intramolecular Hbond substituents is 1. The Morgan fingerprint density at radius 1 is 1.17 bits per heavy atom. The summed E-state index contributed by atoms with van der Waals surface area (Å²) in [4.78, 5) is 16.2. The van der Waals surface area contributed by atoms with Crippen LogP contribution in [-0.4, -0.2) is 16.0 Å². The van der Waals surface area contributed by atoms with E-state index < -0.39 is 0 Å². The van der Waals surface area contributed by atoms with Gasteiger partial charge >= 0.3 is 0 Å². The van der Waals surface area contributed by atoms with Gasteiger partial charge in [-0.25, -0.2) is 4.98 Å². The molecule has 18 heavy (non-hydrogen) atoms. The molecule has 0 saturated heterocycles. The van der Waals surface area contributed by atoms with Crippen molar-refractivity contribution in [1.29, 1.82) is 0 Å². The van der Waals surface area contributed by atoms with Crippen molar-refractivity contribution in [1.82, 2.24) is 4.98 Å². The van der Waals surface area contributed by atoms with Gasteiger partial charge in [-0.1, -0.05) is 0 Å². The molecule has 4 nitrogen and oxygen atoms in total. The van der Waals surface area contributed by atoms with E-state index in [-0.39, 0.29) is 11.7 Å². The number of benzene rings is 1. The second-order valence-electron chi connectivity index (χ2n) is 4.17. The summed E-state index contributed by atoms with van der Waals surface area (Å²) in [5.41, 5.74) is 2.38. The average Bonchev–Trinajstić information content (AvgIpc) is 2.28. The first-order valence-corrected chi connectivity index (χ1v) is 5.60. The number of phenols is 1. The summed E-state index contributed by atoms with van der Waals surface area (Å²) in [6.07, 6.45) is 0. The lowest BCUT2D eigenvalue weighted by atomic mass is 10.2. The molecule has 0 atom stereocenters. The van der Waals surface area contributed by atoms with E-state index in [9.17, 15) is 4.79 Å². The number of aromatic hydroxyl groups is 1. The van der Waals surface area contributed by atoms with Crippen molar-refractivity contribution in [2.24, 2.45) is 0 Å². The van der Waals surface area contributed by atoms with E-state index in [1.165, 1.54) is 12.1 Å². The molecule has 0 aliphatic carbocycles. The first-order valence-electron chi connectivity index (χ1n) is 5.60. The highest BCUT2D eigenvalue weighted by atomic mass is 16.3. The number of pyridine rings is 1. The molecule has 0 bridgehead atoms. The normalized spacial score (nSPS) is 10.1. The molecular weight excluding hydrogens is 228 g/mol. The summed E-state index contributed by atoms with van der Waals surface area (Å²) in [5, 5.41) is 11.9. The number of nitrogens with zero attached hydrogens (tertiary/aromatic N) is 1. The second-order valence-corrected chi connectivity index (χ2v) is 4.17. The monoisotopic (exact) mass is 242 g/mol. The van der Waals surface area contributed by atoms with Crippen LogP contribution < -0.4 is 5.32 Å². The molecule has 4 heteroatoms. The molecule has 2 N–H and O–H groups in total. The van der Waals surface area contributed by atoms with Gasteiger partial charge in [-0.05, 0) is 55.8 Å². The van der Waals surface area contributed by atoms with Crippen LogP contribution in [-0.2, 0) is 0 Å². The van der Waals surface area contributed by atoms with Crippen molar-refractivity contribution in [2.75, 3.05) is 5.32 Å². The van der Waals surface area contributed by atoms with Gasteiger partial charge in [-0.3, -0.25) is 4.79 Å². The highest BCUT2D eigenvalue weighted by Crippen LogP contribution is 2.13. The molecule has 2 aromatic rings. The van der Waals surface area contributed by atoms with Crippen molar-refractivity contribution in [2.45, 2.75) is 13.8 Å². The number of aryl methyl sites for hydroxylation is 2. The van der Waals surface area contributed by atoms with Gasteiger partial charge in [0.15, 0.2) is 0 Å². The fraction of sp³-hybridized carbons (Fsp3) is 0.143. The fourth-order valence-electron chi connectivity index (χ4n) is 1.71. The Kier molecular flexibility index (Phi) is 3.28. The lowest BCUT2D eigenvalue weighted by Gasteiger charge is -2.06. The molecular formula is C14H14N2O2. The topological polar surface area (TPSA) is 62.2 Å². The summed E-state index contributed by atoms with van der Waals surface area (Å²) in [7, 11) is 0. The Hall–Kier alpha value is -2.36. The third-order valence-electron chi connectivity index (χ3n) is 2.47. The first kappa shape index (κ1) is 12.1. The molecule has 92 valence electrons. The third-order valence-corrected chi connectivity index (χ3v) is 2.47. The summed E-state index contributed by atoms with van der Waals surface area (Å²) < 4.78 is 0. The van der Waals surface area contributed by atoms with Crippen LogP contribution in [0.4, 0.5) is 5.82 Å². The molecule has 0 aliphatic rings. The minimum atomic E-state index is -0.243. The van der Waals surface area contributed by atoms with E-state index in [2.05, 4.69) is 10.3 Å². The zero-order chi connectivity index (χ0) is 13.1. The van der Waals surface area contributed by atoms with Gasteiger partial charge in [-0.15, -0.1) is 0 Å². The number of rotatable bonds is 2. The Labute approximate surface area is 105 Å². The highest BCUT2D eigenvalue weighted by Gasteiger charge is 2.07. The van der Waals surface area contributed by atoms with Crippen LogP contribution in [0, 0.1) is 13.8 Å². The largest absolute Gasteiger partial charge is 0.508 e. The average molecular weight is 242 g/mol. The van der Waals surface area contributed by atoms with Gasteiger partial charge in [0, 0.05) is 11.3 Å². The number of amides is 1. The van der Waals surface area contributed by atoms with Crippen molar-refractivity contribution in [3.63, 3.8) is 0 Å². The number of anilines is 1. The van der Waals surface area contributed by atoms with E-state index >= 15 is 0 Å². The first-order chi connectivity index (χ1) is 8.54. The Morgan fingerprint density at radius 2 is 1.83 bits per heavy atom. The highest BCUT2D eigenvalue weighted by molar-refractivity contribution is 6.03. The lowest BCUT2D eigenvalue weighted by molar-refractivity contribution is 0.102. The van der Waals surface area contributed by atoms with Gasteiger partial charge in [0.2, 0.25) is 0 Å². The molecule has 1 amide bonds. The molecule has 2 rings (SSSR count). The summed E-state index contributed by atoms with van der Waals surface area (Å²) in [5.74, 6) is 0.425. The lowest BCUT2D eigenvalue weighted by Crippen LogP contribution is -2.13. The Morgan fingerprint density at radius 3 is 2.44 bits per heavy atom. The SMILES string of the molecule is Cc1cc(C)nc(NC(=O)c2ccc(O)cc2)c1. The van der Waals surface area contributed by atoms with Crippen LogP contribution in [0.5, 0.6) is 5.75 Å². The van der Waals surface area contributed by atoms with E-state index in [0.717, 1.165) is 11.3 Å². The minimum absolute atomic E-state index is 0.135. The van der Waals surface area contributed by atoms with Gasteiger partial charge < -0.3 is 10.4 Å². The van der Waals surface area contributed by atoms with Crippen LogP contribution in [0.25, 0.3) is 0 Å². The quantitative estimate of drug-likeness (QED) is 0.851. The summed E-state index contributed by atoms with van der Waals surface area (Å²) in [6.45, 7) is 3.83. The molecule has 0 radical (unpaired) electrons. The maximum Gasteiger partial charge on any atom is 0.256 e. The maximum atomic E-state index is 11.9. The van der Waals surface area contributed by atoms with Gasteiger partial charge in [0.25, 0.3) is 5.91 Å². The van der Waals surface area contributed by atoms with Crippen molar-refractivity contribution in [3.05, 3.63) is 53.2 Å². The summed E-state index contributed by atoms with van der Waals surface area (Å²) >= 11 is 0. The number of nitrogens with one attached hydrogen (secondary N) is 1. The van der Waals surface area contributed by atoms with Gasteiger partial charge in [0.05, 0.1) is 0 Å². The van der Waals surface area contributed by atoms with E-state index in [1.807, 2.05) is 26.0 Å². The molecule has 0 aliphatic heterocycles. The van der Waals surface area contributed by atoms with Crippen LogP contribution in [0.2, 0.25) is 0 Å². The summed E-state index contributed by atoms with van der Waals surface area (Å²) in [6, 6.07) is 9.83. The van der Waals surface area contributed by atoms with Crippen molar-refractivity contribution >= 4 is 11.7 Å². The predicted octanol–water partition coefficient (Wildman–Crippen LogP) is 2.66. The van der Waals surface area contributed by atoms with Crippen LogP contribution in [0.15, 0.2) is 36.4 Å². The minimum Gasteiger partial charge on any atom is -0.508 e. The zero-order valence-electron chi connectivity index (χ0n) is 10.3. The number of aromatic nitrogens is 1. The number of hydrogen-bond acceptors (Lipinski definition) is 3. The van der Waals surface area contributed by atoms with Crippen molar-refractivity contribution in [3.8, 4) is 5.75 Å². The predicted molar refractivity (Wildman–Crippen MR) is 69.8 cm³/mol. The maximum absolute atomic E-state index is 11.9. The zero-order valence-corrected chi connectivity index (χ0v) is 10.3. The fourth-order valence-corrected chi connectivity index (χ4v) is 1.71. The standard InChI is InChI=1S/C14H14N2O2/c1-9-7-10(2)15-13(8-9)16-14(18)11-3-5-12(17)6-4-11/h3-8,17H,1-2H3,(H,15,16,18). The van der Waals surface area contributed by atoms with E-state index in [4.69, 9.17) is 5.11 Å². The number of carbonyl (C=O) groups is 1. The van der Waals surface area contributed by atoms with Gasteiger partial charge in [-0.2, -0.15) is 0 Å². The van der Waals surface area contributed by atoms with E-state index in [0.29, 0.717) is 11.4 Å². The second kappa shape index (κ2) is 4.87. The smallest absolute Gasteiger partial charge is 0.256 e. The molecule has 0 fully saturated rings. The van der Waals surface area contributed by atoms with E-state index in [1.54, 1.807) is 12.1 Å². The third kappa shape index (κ3) is 2.85. The van der Waals surface area contributed by atoms with Crippen molar-refractivity contribution < 1.29 is 9.90 Å². The van der Waals surface area contributed by atoms with Gasteiger partial charge in [0.1, 0.15) is 11.6 Å². The Bertz CT molecular complexity index is 557. The Balaban J connectivity index is 2.18. The van der Waals surface area contributed by atoms with Crippen LogP contribution in [0.1, 0.15) is 21.6 Å².